The molecule has 4 nitrogen and oxygen atoms in total. The van der Waals surface area contributed by atoms with Crippen molar-refractivity contribution in [3.05, 3.63) is 59.2 Å². The van der Waals surface area contributed by atoms with E-state index in [-0.39, 0.29) is 17.6 Å². The number of amides is 1. The summed E-state index contributed by atoms with van der Waals surface area (Å²) in [5.74, 6) is 1.18. The summed E-state index contributed by atoms with van der Waals surface area (Å²) in [6.07, 6.45) is 1.03. The van der Waals surface area contributed by atoms with Crippen molar-refractivity contribution in [2.24, 2.45) is 0 Å². The Morgan fingerprint density at radius 1 is 1.11 bits per heavy atom. The van der Waals surface area contributed by atoms with E-state index < -0.39 is 0 Å². The van der Waals surface area contributed by atoms with E-state index in [1.165, 1.54) is 5.56 Å². The van der Waals surface area contributed by atoms with Gasteiger partial charge in [-0.3, -0.25) is 10.1 Å². The summed E-state index contributed by atoms with van der Waals surface area (Å²) >= 11 is 5.32. The van der Waals surface area contributed by atoms with Crippen LogP contribution in [0.3, 0.4) is 0 Å². The zero-order chi connectivity index (χ0) is 20.7. The third kappa shape index (κ3) is 6.06. The molecule has 0 fully saturated rings. The van der Waals surface area contributed by atoms with E-state index >= 15 is 0 Å². The van der Waals surface area contributed by atoms with Gasteiger partial charge >= 0.3 is 0 Å². The second-order valence-corrected chi connectivity index (χ2v) is 7.79. The first kappa shape index (κ1) is 21.9. The van der Waals surface area contributed by atoms with Gasteiger partial charge in [0.1, 0.15) is 5.75 Å². The molecule has 0 saturated heterocycles. The molecule has 0 spiro atoms. The van der Waals surface area contributed by atoms with Gasteiger partial charge in [-0.1, -0.05) is 58.0 Å². The molecular weight excluding hydrogens is 368 g/mol. The van der Waals surface area contributed by atoms with Gasteiger partial charge in [0.15, 0.2) is 11.7 Å². The van der Waals surface area contributed by atoms with Gasteiger partial charge in [-0.25, -0.2) is 0 Å². The van der Waals surface area contributed by atoms with E-state index in [1.54, 1.807) is 0 Å². The zero-order valence-corrected chi connectivity index (χ0v) is 18.2. The van der Waals surface area contributed by atoms with Gasteiger partial charge in [0, 0.05) is 5.69 Å². The topological polar surface area (TPSA) is 50.4 Å². The van der Waals surface area contributed by atoms with Crippen LogP contribution in [0, 0.1) is 6.92 Å². The number of benzene rings is 2. The quantitative estimate of drug-likeness (QED) is 0.603. The average Bonchev–Trinajstić information content (AvgIpc) is 2.65. The van der Waals surface area contributed by atoms with Crippen molar-refractivity contribution >= 4 is 28.9 Å². The Labute approximate surface area is 173 Å². The molecule has 0 saturated carbocycles. The van der Waals surface area contributed by atoms with Crippen LogP contribution in [-0.4, -0.2) is 17.6 Å². The summed E-state index contributed by atoms with van der Waals surface area (Å²) in [7, 11) is 0. The molecule has 2 aromatic carbocycles. The molecule has 2 aromatic rings. The SMILES string of the molecule is CC[C@@H](C)c1ccccc1NC(=S)NC(=O)COc1cc(C)ccc1C(C)C. The molecule has 1 amide bonds. The Hall–Kier alpha value is -2.40. The van der Waals surface area contributed by atoms with Crippen molar-refractivity contribution in [2.75, 3.05) is 11.9 Å². The lowest BCUT2D eigenvalue weighted by molar-refractivity contribution is -0.121. The van der Waals surface area contributed by atoms with Crippen LogP contribution in [0.2, 0.25) is 0 Å². The largest absolute Gasteiger partial charge is 0.483 e. The third-order valence-electron chi connectivity index (χ3n) is 4.76. The van der Waals surface area contributed by atoms with Gasteiger partial charge in [0.25, 0.3) is 5.91 Å². The maximum absolute atomic E-state index is 12.3. The molecule has 0 aliphatic rings. The molecule has 0 unspecified atom stereocenters. The van der Waals surface area contributed by atoms with E-state index in [0.29, 0.717) is 11.8 Å². The maximum atomic E-state index is 12.3. The zero-order valence-electron chi connectivity index (χ0n) is 17.3. The Bertz CT molecular complexity index is 833. The smallest absolute Gasteiger partial charge is 0.264 e. The number of hydrogen-bond donors (Lipinski definition) is 2. The number of thiocarbonyl (C=S) groups is 1. The van der Waals surface area contributed by atoms with Crippen LogP contribution in [0.25, 0.3) is 0 Å². The van der Waals surface area contributed by atoms with Crippen molar-refractivity contribution < 1.29 is 9.53 Å². The number of nitrogens with one attached hydrogen (secondary N) is 2. The minimum Gasteiger partial charge on any atom is -0.483 e. The van der Waals surface area contributed by atoms with Gasteiger partial charge in [0.05, 0.1) is 0 Å². The van der Waals surface area contributed by atoms with Gasteiger partial charge in [0.2, 0.25) is 0 Å². The van der Waals surface area contributed by atoms with Crippen molar-refractivity contribution in [2.45, 2.75) is 52.9 Å². The fraction of sp³-hybridized carbons (Fsp3) is 0.391. The molecule has 2 rings (SSSR count). The fourth-order valence-corrected chi connectivity index (χ4v) is 3.19. The Balaban J connectivity index is 1.96. The molecule has 150 valence electrons. The number of ether oxygens (including phenoxy) is 1. The van der Waals surface area contributed by atoms with Crippen LogP contribution in [0.15, 0.2) is 42.5 Å². The molecule has 0 heterocycles. The van der Waals surface area contributed by atoms with E-state index in [1.807, 2.05) is 37.3 Å². The highest BCUT2D eigenvalue weighted by atomic mass is 32.1. The monoisotopic (exact) mass is 398 g/mol. The predicted octanol–water partition coefficient (Wildman–Crippen LogP) is 5.52. The van der Waals surface area contributed by atoms with E-state index in [2.05, 4.69) is 50.5 Å². The highest BCUT2D eigenvalue weighted by Gasteiger charge is 2.13. The Kier molecular flexibility index (Phi) is 8.00. The lowest BCUT2D eigenvalue weighted by Gasteiger charge is -2.17. The standard InChI is InChI=1S/C23H30N2O2S/c1-6-17(5)19-9-7-8-10-20(19)24-23(28)25-22(26)14-27-21-13-16(4)11-12-18(21)15(2)3/h7-13,15,17H,6,14H2,1-5H3,(H2,24,25,26,28)/t17-/m1/s1. The number of aryl methyl sites for hydroxylation is 1. The number of hydrogen-bond acceptors (Lipinski definition) is 3. The molecule has 0 aliphatic carbocycles. The third-order valence-corrected chi connectivity index (χ3v) is 4.96. The van der Waals surface area contributed by atoms with Gasteiger partial charge in [-0.05, 0) is 66.2 Å². The molecule has 0 aromatic heterocycles. The summed E-state index contributed by atoms with van der Waals surface area (Å²) in [6.45, 7) is 10.4. The van der Waals surface area contributed by atoms with E-state index in [0.717, 1.165) is 29.0 Å². The van der Waals surface area contributed by atoms with Crippen molar-refractivity contribution in [3.8, 4) is 5.75 Å². The summed E-state index contributed by atoms with van der Waals surface area (Å²) < 4.78 is 5.77. The maximum Gasteiger partial charge on any atom is 0.264 e. The normalized spacial score (nSPS) is 11.8. The molecule has 28 heavy (non-hydrogen) atoms. The molecule has 2 N–H and O–H groups in total. The van der Waals surface area contributed by atoms with E-state index in [9.17, 15) is 4.79 Å². The molecule has 5 heteroatoms. The minimum absolute atomic E-state index is 0.0853. The molecule has 0 bridgehead atoms. The number of carbonyl (C=O) groups is 1. The minimum atomic E-state index is -0.283. The van der Waals surface area contributed by atoms with Crippen molar-refractivity contribution in [1.29, 1.82) is 0 Å². The molecule has 0 aliphatic heterocycles. The second-order valence-electron chi connectivity index (χ2n) is 7.38. The number of rotatable bonds is 7. The predicted molar refractivity (Wildman–Crippen MR) is 120 cm³/mol. The van der Waals surface area contributed by atoms with Crippen LogP contribution < -0.4 is 15.4 Å². The lowest BCUT2D eigenvalue weighted by Crippen LogP contribution is -2.37. The summed E-state index contributed by atoms with van der Waals surface area (Å²) in [5, 5.41) is 6.12. The highest BCUT2D eigenvalue weighted by Crippen LogP contribution is 2.28. The first-order valence-corrected chi connectivity index (χ1v) is 10.2. The number of carbonyl (C=O) groups excluding carboxylic acids is 1. The fourth-order valence-electron chi connectivity index (χ4n) is 2.96. The van der Waals surface area contributed by atoms with Gasteiger partial charge in [-0.2, -0.15) is 0 Å². The first-order valence-electron chi connectivity index (χ1n) is 9.74. The van der Waals surface area contributed by atoms with Crippen LogP contribution in [0.1, 0.15) is 62.6 Å². The van der Waals surface area contributed by atoms with Gasteiger partial charge in [-0.15, -0.1) is 0 Å². The van der Waals surface area contributed by atoms with Crippen molar-refractivity contribution in [3.63, 3.8) is 0 Å². The lowest BCUT2D eigenvalue weighted by atomic mass is 9.97. The van der Waals surface area contributed by atoms with Crippen LogP contribution >= 0.6 is 12.2 Å². The van der Waals surface area contributed by atoms with Crippen LogP contribution in [0.5, 0.6) is 5.75 Å². The Morgan fingerprint density at radius 3 is 2.50 bits per heavy atom. The average molecular weight is 399 g/mol. The summed E-state index contributed by atoms with van der Waals surface area (Å²) in [4.78, 5) is 12.3. The van der Waals surface area contributed by atoms with Gasteiger partial charge < -0.3 is 10.1 Å². The number of anilines is 1. The van der Waals surface area contributed by atoms with E-state index in [4.69, 9.17) is 17.0 Å². The Morgan fingerprint density at radius 2 is 1.82 bits per heavy atom. The van der Waals surface area contributed by atoms with Crippen LogP contribution in [-0.2, 0) is 4.79 Å². The number of para-hydroxylation sites is 1. The summed E-state index contributed by atoms with van der Waals surface area (Å²) in [5.41, 5.74) is 4.28. The summed E-state index contributed by atoms with van der Waals surface area (Å²) in [6, 6.07) is 14.1. The molecular formula is C23H30N2O2S. The first-order chi connectivity index (χ1) is 13.3. The van der Waals surface area contributed by atoms with Crippen LogP contribution in [0.4, 0.5) is 5.69 Å². The van der Waals surface area contributed by atoms with Crippen molar-refractivity contribution in [1.82, 2.24) is 5.32 Å². The highest BCUT2D eigenvalue weighted by molar-refractivity contribution is 7.80. The second kappa shape index (κ2) is 10.2. The molecule has 0 radical (unpaired) electrons. The molecule has 1 atom stereocenters.